The standard InChI is InChI=1S/C33H45F17N6O10.Gd/c1-20(55-9-7-53(18-23(61)62)5-3-52(17-22(59)60)4-6-54(8-10-55)19-24(63)64)25(65)51-16-21(58)56(11-13-57)12-15-66-14-2-26(34,35)27(36,37)28(38,39)29(40,41)30(42,43)31(44,45)32(46,47)33(48,49)50;/h20,57H,2-19H2,1H3,(H,51,65)(H,59,60)(H,61,62)(H,63,64);. The third-order valence-electron chi connectivity index (χ3n) is 9.87. The minimum Gasteiger partial charge on any atom is -0.480 e. The van der Waals surface area contributed by atoms with Crippen LogP contribution in [0.25, 0.3) is 0 Å². The van der Waals surface area contributed by atoms with Gasteiger partial charge >= 0.3 is 65.5 Å². The summed E-state index contributed by atoms with van der Waals surface area (Å²) in [7, 11) is 0. The molecule has 1 fully saturated rings. The molecule has 394 valence electrons. The van der Waals surface area contributed by atoms with Gasteiger partial charge in [-0.3, -0.25) is 43.6 Å². The van der Waals surface area contributed by atoms with Crippen molar-refractivity contribution < 1.29 is 164 Å². The zero-order chi connectivity index (χ0) is 51.5. The molecule has 1 saturated heterocycles. The number of hydrogen-bond acceptors (Lipinski definition) is 11. The summed E-state index contributed by atoms with van der Waals surface area (Å²) >= 11 is 0. The molecule has 0 bridgehead atoms. The predicted octanol–water partition coefficient (Wildman–Crippen LogP) is 2.20. The SMILES string of the molecule is CC(C(=O)NCC(=O)N(CCO)CCOCCC(F)(F)C(F)(F)C(F)(F)C(F)(F)C(F)(F)C(F)(F)C(F)(F)C(F)(F)F)N1CCN(CC(=O)O)CCN(CC(=O)O)CCN(CC(=O)O)CC1.[Gd]. The first kappa shape index (κ1) is 64.2. The number of aliphatic hydroxyl groups is 1. The van der Waals surface area contributed by atoms with Crippen molar-refractivity contribution >= 4 is 29.7 Å². The number of nitrogens with one attached hydrogen (secondary N) is 1. The van der Waals surface area contributed by atoms with E-state index in [9.17, 15) is 119 Å². The molecule has 0 aromatic rings. The Morgan fingerprint density at radius 2 is 0.925 bits per heavy atom. The van der Waals surface area contributed by atoms with Gasteiger partial charge in [0.05, 0.1) is 52.0 Å². The summed E-state index contributed by atoms with van der Waals surface area (Å²) in [5.74, 6) is -63.1. The Morgan fingerprint density at radius 3 is 1.28 bits per heavy atom. The molecule has 5 N–H and O–H groups in total. The fourth-order valence-electron chi connectivity index (χ4n) is 5.89. The van der Waals surface area contributed by atoms with Gasteiger partial charge in [-0.1, -0.05) is 0 Å². The molecule has 34 heteroatoms. The van der Waals surface area contributed by atoms with Gasteiger partial charge in [0.1, 0.15) is 0 Å². The molecule has 1 unspecified atom stereocenters. The number of carboxylic acids is 3. The van der Waals surface area contributed by atoms with Crippen LogP contribution in [0.4, 0.5) is 74.6 Å². The van der Waals surface area contributed by atoms with Crippen molar-refractivity contribution in [1.82, 2.24) is 29.8 Å². The second kappa shape index (κ2) is 25.4. The molecule has 0 aromatic carbocycles. The number of nitrogens with zero attached hydrogens (tertiary/aromatic N) is 5. The maximum atomic E-state index is 14.2. The Labute approximate surface area is 400 Å². The van der Waals surface area contributed by atoms with E-state index in [0.29, 0.717) is 4.90 Å². The van der Waals surface area contributed by atoms with E-state index in [0.717, 1.165) is 0 Å². The van der Waals surface area contributed by atoms with Crippen LogP contribution in [0, 0.1) is 39.9 Å². The molecule has 2 amide bonds. The fourth-order valence-corrected chi connectivity index (χ4v) is 5.89. The number of ether oxygens (including phenoxy) is 1. The van der Waals surface area contributed by atoms with Crippen molar-refractivity contribution in [1.29, 1.82) is 0 Å². The Morgan fingerprint density at radius 1 is 0.567 bits per heavy atom. The maximum absolute atomic E-state index is 14.2. The Hall–Kier alpha value is -2.76. The van der Waals surface area contributed by atoms with Crippen LogP contribution in [0.5, 0.6) is 0 Å². The van der Waals surface area contributed by atoms with Crippen LogP contribution < -0.4 is 5.32 Å². The Bertz CT molecular complexity index is 1620. The first-order valence-electron chi connectivity index (χ1n) is 18.9. The molecule has 0 radical (unpaired) electrons. The van der Waals surface area contributed by atoms with Crippen molar-refractivity contribution in [2.75, 3.05) is 111 Å². The fraction of sp³-hybridized carbons (Fsp3) is 0.848. The molecule has 1 aliphatic rings. The predicted molar refractivity (Wildman–Crippen MR) is 186 cm³/mol. The number of rotatable bonds is 24. The molecule has 1 rings (SSSR count). The zero-order valence-corrected chi connectivity index (χ0v) is 36.8. The van der Waals surface area contributed by atoms with E-state index < -0.39 is 149 Å². The molecule has 0 aliphatic carbocycles. The maximum Gasteiger partial charge on any atom is 0.460 e. The van der Waals surface area contributed by atoms with E-state index in [1.807, 2.05) is 0 Å². The average molecular weight is 1170 g/mol. The van der Waals surface area contributed by atoms with Gasteiger partial charge in [-0.25, -0.2) is 0 Å². The summed E-state index contributed by atoms with van der Waals surface area (Å²) in [6.07, 6.45) is -10.7. The number of halogens is 17. The summed E-state index contributed by atoms with van der Waals surface area (Å²) in [4.78, 5) is 66.9. The second-order valence-corrected chi connectivity index (χ2v) is 14.6. The number of amides is 2. The quantitative estimate of drug-likeness (QED) is 0.0696. The number of carbonyl (C=O) groups is 5. The van der Waals surface area contributed by atoms with Gasteiger partial charge in [-0.05, 0) is 6.92 Å². The molecule has 67 heavy (non-hydrogen) atoms. The minimum atomic E-state index is -8.77. The first-order chi connectivity index (χ1) is 29.9. The number of alkyl halides is 17. The van der Waals surface area contributed by atoms with E-state index in [4.69, 9.17) is 0 Å². The van der Waals surface area contributed by atoms with Crippen LogP contribution in [-0.2, 0) is 28.7 Å². The molecular formula is C33H45F17GdN6O10. The third-order valence-corrected chi connectivity index (χ3v) is 9.87. The largest absolute Gasteiger partial charge is 0.480 e. The van der Waals surface area contributed by atoms with Crippen LogP contribution >= 0.6 is 0 Å². The van der Waals surface area contributed by atoms with Gasteiger partial charge < -0.3 is 35.4 Å². The van der Waals surface area contributed by atoms with Crippen LogP contribution in [0.1, 0.15) is 13.3 Å². The Balaban J connectivity index is 0.0000436. The molecule has 16 nitrogen and oxygen atoms in total. The molecule has 1 aliphatic heterocycles. The van der Waals surface area contributed by atoms with Crippen LogP contribution in [-0.4, -0.2) is 240 Å². The summed E-state index contributed by atoms with van der Waals surface area (Å²) in [6.45, 7) is -6.27. The third kappa shape index (κ3) is 16.1. The van der Waals surface area contributed by atoms with Crippen molar-refractivity contribution in [2.24, 2.45) is 0 Å². The monoisotopic (exact) mass is 1170 g/mol. The van der Waals surface area contributed by atoms with E-state index in [1.165, 1.54) is 26.5 Å². The van der Waals surface area contributed by atoms with Gasteiger partial charge in [-0.15, -0.1) is 0 Å². The topological polar surface area (TPSA) is 204 Å². The minimum absolute atomic E-state index is 0. The summed E-state index contributed by atoms with van der Waals surface area (Å²) < 4.78 is 234. The van der Waals surface area contributed by atoms with Gasteiger partial charge in [0.15, 0.2) is 0 Å². The molecule has 1 heterocycles. The van der Waals surface area contributed by atoms with Crippen molar-refractivity contribution in [3.05, 3.63) is 0 Å². The molecule has 0 spiro atoms. The van der Waals surface area contributed by atoms with Crippen LogP contribution in [0.2, 0.25) is 0 Å². The number of carbonyl (C=O) groups excluding carboxylic acids is 2. The smallest absolute Gasteiger partial charge is 0.460 e. The molecular weight excluding hydrogens is 1120 g/mol. The average Bonchev–Trinajstić information content (AvgIpc) is 3.17. The normalized spacial score (nSPS) is 17.4. The Kier molecular flexibility index (Phi) is 24.3. The van der Waals surface area contributed by atoms with Crippen molar-refractivity contribution in [3.63, 3.8) is 0 Å². The number of hydrogen-bond donors (Lipinski definition) is 5. The van der Waals surface area contributed by atoms with E-state index in [1.54, 1.807) is 0 Å². The molecule has 0 saturated carbocycles. The first-order valence-corrected chi connectivity index (χ1v) is 18.9. The second-order valence-electron chi connectivity index (χ2n) is 14.6. The van der Waals surface area contributed by atoms with Crippen molar-refractivity contribution in [3.8, 4) is 0 Å². The number of aliphatic hydroxyl groups excluding tert-OH is 1. The van der Waals surface area contributed by atoms with E-state index in [2.05, 4.69) is 10.1 Å². The van der Waals surface area contributed by atoms with Crippen LogP contribution in [0.15, 0.2) is 0 Å². The van der Waals surface area contributed by atoms with Gasteiger partial charge in [0.25, 0.3) is 0 Å². The molecule has 1 atom stereocenters. The summed E-state index contributed by atoms with van der Waals surface area (Å²) in [5.41, 5.74) is 0. The molecule has 0 aromatic heterocycles. The summed E-state index contributed by atoms with van der Waals surface area (Å²) in [5, 5.41) is 39.6. The van der Waals surface area contributed by atoms with E-state index in [-0.39, 0.29) is 92.3 Å². The zero-order valence-electron chi connectivity index (χ0n) is 34.6. The number of carboxylic acid groups (broad SMARTS) is 3. The van der Waals surface area contributed by atoms with E-state index >= 15 is 0 Å². The van der Waals surface area contributed by atoms with Crippen LogP contribution in [0.3, 0.4) is 0 Å². The number of aliphatic carboxylic acids is 3. The van der Waals surface area contributed by atoms with Gasteiger partial charge in [0.2, 0.25) is 11.8 Å². The van der Waals surface area contributed by atoms with Gasteiger partial charge in [0, 0.05) is 112 Å². The van der Waals surface area contributed by atoms with Crippen molar-refractivity contribution in [2.45, 2.75) is 67.0 Å². The van der Waals surface area contributed by atoms with Gasteiger partial charge in [-0.2, -0.15) is 74.6 Å². The summed E-state index contributed by atoms with van der Waals surface area (Å²) in [6, 6.07) is -1.15.